The van der Waals surface area contributed by atoms with Gasteiger partial charge in [-0.1, -0.05) is 13.8 Å². The van der Waals surface area contributed by atoms with Crippen molar-refractivity contribution in [2.75, 3.05) is 6.54 Å². The Kier molecular flexibility index (Phi) is 4.63. The highest BCUT2D eigenvalue weighted by molar-refractivity contribution is 5.75. The highest BCUT2D eigenvalue weighted by Gasteiger charge is 2.37. The smallest absolute Gasteiger partial charge is 0.311 e. The second-order valence-electron chi connectivity index (χ2n) is 4.92. The number of carboxylic acids is 1. The molecule has 0 bridgehead atoms. The van der Waals surface area contributed by atoms with Gasteiger partial charge >= 0.3 is 5.97 Å². The lowest BCUT2D eigenvalue weighted by Gasteiger charge is -2.29. The average Bonchev–Trinajstić information content (AvgIpc) is 2.28. The number of pyridine rings is 1. The summed E-state index contributed by atoms with van der Waals surface area (Å²) in [6.45, 7) is 4.18. The summed E-state index contributed by atoms with van der Waals surface area (Å²) in [5, 5.41) is 9.44. The number of nitrogens with zero attached hydrogens (tertiary/aromatic N) is 1. The maximum Gasteiger partial charge on any atom is 0.311 e. The van der Waals surface area contributed by atoms with Crippen LogP contribution in [0.25, 0.3) is 0 Å². The van der Waals surface area contributed by atoms with Gasteiger partial charge in [0, 0.05) is 18.9 Å². The molecular weight excluding hydrogens is 216 g/mol. The first kappa shape index (κ1) is 13.6. The Labute approximate surface area is 102 Å². The van der Waals surface area contributed by atoms with Gasteiger partial charge in [0.2, 0.25) is 0 Å². The zero-order chi connectivity index (χ0) is 12.9. The van der Waals surface area contributed by atoms with E-state index in [2.05, 4.69) is 4.98 Å². The number of aliphatic carboxylic acids is 1. The van der Waals surface area contributed by atoms with Gasteiger partial charge in [0.05, 0.1) is 5.41 Å². The summed E-state index contributed by atoms with van der Waals surface area (Å²) in [5.41, 5.74) is 5.81. The van der Waals surface area contributed by atoms with E-state index in [1.807, 2.05) is 26.0 Å². The van der Waals surface area contributed by atoms with Crippen molar-refractivity contribution in [3.8, 4) is 0 Å². The molecule has 1 aromatic rings. The van der Waals surface area contributed by atoms with Gasteiger partial charge in [-0.05, 0) is 36.5 Å². The molecule has 0 aromatic carbocycles. The number of nitrogens with two attached hydrogens (primary N) is 1. The highest BCUT2D eigenvalue weighted by Crippen LogP contribution is 2.30. The fourth-order valence-electron chi connectivity index (χ4n) is 2.15. The third kappa shape index (κ3) is 3.53. The molecule has 1 rings (SSSR count). The topological polar surface area (TPSA) is 76.2 Å². The first-order valence-corrected chi connectivity index (χ1v) is 5.82. The molecule has 0 aliphatic rings. The van der Waals surface area contributed by atoms with Crippen molar-refractivity contribution in [2.45, 2.75) is 26.7 Å². The van der Waals surface area contributed by atoms with Crippen molar-refractivity contribution in [1.29, 1.82) is 0 Å². The summed E-state index contributed by atoms with van der Waals surface area (Å²) < 4.78 is 0. The monoisotopic (exact) mass is 236 g/mol. The summed E-state index contributed by atoms with van der Waals surface area (Å²) in [4.78, 5) is 15.4. The molecule has 0 aliphatic carbocycles. The number of carboxylic acid groups (broad SMARTS) is 1. The summed E-state index contributed by atoms with van der Waals surface area (Å²) >= 11 is 0. The van der Waals surface area contributed by atoms with Gasteiger partial charge in [-0.15, -0.1) is 0 Å². The molecule has 94 valence electrons. The predicted octanol–water partition coefficient (Wildman–Crippen LogP) is 1.70. The van der Waals surface area contributed by atoms with Gasteiger partial charge in [-0.2, -0.15) is 0 Å². The SMILES string of the molecule is CC(C)CC(CN)(Cc1ccncc1)C(=O)O. The van der Waals surface area contributed by atoms with E-state index in [0.29, 0.717) is 18.8 Å². The Balaban J connectivity index is 2.94. The van der Waals surface area contributed by atoms with Crippen LogP contribution < -0.4 is 5.73 Å². The van der Waals surface area contributed by atoms with Crippen molar-refractivity contribution in [2.24, 2.45) is 17.1 Å². The Hall–Kier alpha value is -1.42. The molecule has 0 aliphatic heterocycles. The zero-order valence-electron chi connectivity index (χ0n) is 10.4. The minimum absolute atomic E-state index is 0.156. The Morgan fingerprint density at radius 1 is 1.47 bits per heavy atom. The second kappa shape index (κ2) is 5.77. The van der Waals surface area contributed by atoms with Crippen molar-refractivity contribution >= 4 is 5.97 Å². The van der Waals surface area contributed by atoms with Crippen LogP contribution in [-0.2, 0) is 11.2 Å². The van der Waals surface area contributed by atoms with E-state index >= 15 is 0 Å². The average molecular weight is 236 g/mol. The van der Waals surface area contributed by atoms with E-state index in [-0.39, 0.29) is 6.54 Å². The largest absolute Gasteiger partial charge is 0.481 e. The number of carbonyl (C=O) groups is 1. The maximum atomic E-state index is 11.5. The summed E-state index contributed by atoms with van der Waals surface area (Å²) in [7, 11) is 0. The molecule has 0 spiro atoms. The van der Waals surface area contributed by atoms with Gasteiger partial charge in [-0.3, -0.25) is 9.78 Å². The third-order valence-electron chi connectivity index (χ3n) is 2.94. The molecule has 1 unspecified atom stereocenters. The minimum atomic E-state index is -0.866. The van der Waals surface area contributed by atoms with Gasteiger partial charge in [0.15, 0.2) is 0 Å². The van der Waals surface area contributed by atoms with Crippen LogP contribution in [0.1, 0.15) is 25.8 Å². The fraction of sp³-hybridized carbons (Fsp3) is 0.538. The van der Waals surface area contributed by atoms with Crippen molar-refractivity contribution < 1.29 is 9.90 Å². The maximum absolute atomic E-state index is 11.5. The molecule has 0 fully saturated rings. The molecule has 0 saturated heterocycles. The number of aromatic nitrogens is 1. The molecule has 17 heavy (non-hydrogen) atoms. The van der Waals surface area contributed by atoms with Gasteiger partial charge < -0.3 is 10.8 Å². The molecule has 1 aromatic heterocycles. The van der Waals surface area contributed by atoms with Crippen molar-refractivity contribution in [3.05, 3.63) is 30.1 Å². The number of rotatable bonds is 6. The molecule has 0 amide bonds. The fourth-order valence-corrected chi connectivity index (χ4v) is 2.15. The number of hydrogen-bond donors (Lipinski definition) is 2. The lowest BCUT2D eigenvalue weighted by molar-refractivity contribution is -0.149. The van der Waals surface area contributed by atoms with Crippen molar-refractivity contribution in [3.63, 3.8) is 0 Å². The van der Waals surface area contributed by atoms with Gasteiger partial charge in [-0.25, -0.2) is 0 Å². The molecule has 0 saturated carbocycles. The molecule has 3 N–H and O–H groups in total. The molecule has 4 heteroatoms. The van der Waals surface area contributed by atoms with Crippen LogP contribution in [0.4, 0.5) is 0 Å². The van der Waals surface area contributed by atoms with Gasteiger partial charge in [0.1, 0.15) is 0 Å². The van der Waals surface area contributed by atoms with Crippen LogP contribution in [0, 0.1) is 11.3 Å². The Morgan fingerprint density at radius 2 is 2.06 bits per heavy atom. The highest BCUT2D eigenvalue weighted by atomic mass is 16.4. The van der Waals surface area contributed by atoms with Gasteiger partial charge in [0.25, 0.3) is 0 Å². The summed E-state index contributed by atoms with van der Waals surface area (Å²) in [5.74, 6) is -0.512. The first-order valence-electron chi connectivity index (χ1n) is 5.82. The quantitative estimate of drug-likeness (QED) is 0.788. The van der Waals surface area contributed by atoms with Crippen LogP contribution in [0.3, 0.4) is 0 Å². The van der Waals surface area contributed by atoms with E-state index in [0.717, 1.165) is 5.56 Å². The molecule has 1 atom stereocenters. The minimum Gasteiger partial charge on any atom is -0.481 e. The van der Waals surface area contributed by atoms with Crippen LogP contribution in [0.2, 0.25) is 0 Å². The molecule has 4 nitrogen and oxygen atoms in total. The number of hydrogen-bond acceptors (Lipinski definition) is 3. The van der Waals surface area contributed by atoms with E-state index in [1.54, 1.807) is 12.4 Å². The molecule has 0 radical (unpaired) electrons. The lowest BCUT2D eigenvalue weighted by atomic mass is 9.75. The second-order valence-corrected chi connectivity index (χ2v) is 4.92. The van der Waals surface area contributed by atoms with Crippen LogP contribution >= 0.6 is 0 Å². The third-order valence-corrected chi connectivity index (χ3v) is 2.94. The molecular formula is C13H20N2O2. The van der Waals surface area contributed by atoms with Crippen LogP contribution in [0.5, 0.6) is 0 Å². The Bertz CT molecular complexity index is 365. The standard InChI is InChI=1S/C13H20N2O2/c1-10(2)7-13(9-14,12(16)17)8-11-3-5-15-6-4-11/h3-6,10H,7-9,14H2,1-2H3,(H,16,17). The normalized spacial score (nSPS) is 14.6. The van der Waals surface area contributed by atoms with E-state index in [4.69, 9.17) is 5.73 Å². The molecule has 1 heterocycles. The van der Waals surface area contributed by atoms with E-state index in [9.17, 15) is 9.90 Å². The van der Waals surface area contributed by atoms with Crippen LogP contribution in [0.15, 0.2) is 24.5 Å². The summed E-state index contributed by atoms with van der Waals surface area (Å²) in [6, 6.07) is 3.68. The summed E-state index contributed by atoms with van der Waals surface area (Å²) in [6.07, 6.45) is 4.39. The van der Waals surface area contributed by atoms with E-state index < -0.39 is 11.4 Å². The first-order chi connectivity index (χ1) is 8.00. The lowest BCUT2D eigenvalue weighted by Crippen LogP contribution is -2.41. The Morgan fingerprint density at radius 3 is 2.47 bits per heavy atom. The van der Waals surface area contributed by atoms with E-state index in [1.165, 1.54) is 0 Å². The zero-order valence-corrected chi connectivity index (χ0v) is 10.4. The van der Waals surface area contributed by atoms with Crippen molar-refractivity contribution in [1.82, 2.24) is 4.98 Å². The van der Waals surface area contributed by atoms with Crippen LogP contribution in [-0.4, -0.2) is 22.6 Å². The predicted molar refractivity (Wildman–Crippen MR) is 66.5 cm³/mol.